The molecule has 0 N–H and O–H groups in total. The number of hydrogen-bond donors (Lipinski definition) is 0. The maximum Gasteiger partial charge on any atom is 0.177 e. The predicted molar refractivity (Wildman–Crippen MR) is 60.6 cm³/mol. The molecule has 0 atom stereocenters. The van der Waals surface area contributed by atoms with E-state index in [1.165, 1.54) is 21.9 Å². The van der Waals surface area contributed by atoms with Gasteiger partial charge >= 0.3 is 0 Å². The molecule has 70 valence electrons. The van der Waals surface area contributed by atoms with E-state index in [0.717, 1.165) is 11.5 Å². The molecular weight excluding hydrogens is 184 g/mol. The molecule has 1 aromatic carbocycles. The second-order valence-corrected chi connectivity index (χ2v) is 3.88. The summed E-state index contributed by atoms with van der Waals surface area (Å²) in [6, 6.07) is 16.9. The standard InChI is InChI=1S/C14H8O/c1-2-6-12-11(5-1)10-7-3-4-9(10)8-13-14(12)15-13/h1-8H. The van der Waals surface area contributed by atoms with Crippen LogP contribution in [0.5, 0.6) is 11.5 Å². The Morgan fingerprint density at radius 2 is 1.67 bits per heavy atom. The molecule has 0 fully saturated rings. The minimum atomic E-state index is 1.02. The van der Waals surface area contributed by atoms with Crippen LogP contribution in [0.2, 0.25) is 0 Å². The van der Waals surface area contributed by atoms with Gasteiger partial charge in [-0.3, -0.25) is 0 Å². The van der Waals surface area contributed by atoms with E-state index in [0.29, 0.717) is 0 Å². The molecule has 0 bridgehead atoms. The van der Waals surface area contributed by atoms with Crippen LogP contribution in [0.1, 0.15) is 0 Å². The lowest BCUT2D eigenvalue weighted by Gasteiger charge is -1.98. The van der Waals surface area contributed by atoms with Crippen LogP contribution in [0.4, 0.5) is 0 Å². The van der Waals surface area contributed by atoms with E-state index in [1.807, 2.05) is 0 Å². The molecule has 1 aliphatic heterocycles. The smallest absolute Gasteiger partial charge is 0.177 e. The molecule has 0 unspecified atom stereocenters. The third-order valence-corrected chi connectivity index (χ3v) is 2.99. The predicted octanol–water partition coefficient (Wildman–Crippen LogP) is 4.05. The third-order valence-electron chi connectivity index (χ3n) is 2.99. The van der Waals surface area contributed by atoms with Crippen molar-refractivity contribution in [2.24, 2.45) is 0 Å². The molecular formula is C14H8O. The van der Waals surface area contributed by atoms with E-state index in [2.05, 4.69) is 48.5 Å². The Labute approximate surface area is 87.3 Å². The number of hydrogen-bond acceptors (Lipinski definition) is 1. The molecule has 3 aliphatic rings. The lowest BCUT2D eigenvalue weighted by atomic mass is 10.1. The summed E-state index contributed by atoms with van der Waals surface area (Å²) in [5.74, 6) is 2.06. The number of ether oxygens (including phenoxy) is 1. The lowest BCUT2D eigenvalue weighted by molar-refractivity contribution is 0.652. The van der Waals surface area contributed by atoms with Crippen LogP contribution >= 0.6 is 0 Å². The van der Waals surface area contributed by atoms with E-state index in [-0.39, 0.29) is 0 Å². The van der Waals surface area contributed by atoms with Crippen molar-refractivity contribution in [3.05, 3.63) is 48.5 Å². The molecule has 1 nitrogen and oxygen atoms in total. The number of fused-ring (bicyclic) bond motifs is 5. The Balaban J connectivity index is 2.33. The maximum absolute atomic E-state index is 5.49. The first kappa shape index (κ1) is 7.30. The molecule has 0 spiro atoms. The minimum absolute atomic E-state index is 1.02. The lowest BCUT2D eigenvalue weighted by Crippen LogP contribution is -1.72. The Morgan fingerprint density at radius 1 is 0.800 bits per heavy atom. The highest BCUT2D eigenvalue weighted by Gasteiger charge is 2.24. The van der Waals surface area contributed by atoms with Crippen molar-refractivity contribution in [3.63, 3.8) is 0 Å². The molecule has 1 aromatic rings. The van der Waals surface area contributed by atoms with Crippen LogP contribution in [-0.2, 0) is 0 Å². The first-order chi connectivity index (χ1) is 7.43. The topological polar surface area (TPSA) is 12.5 Å². The van der Waals surface area contributed by atoms with Gasteiger partial charge in [-0.1, -0.05) is 42.5 Å². The molecule has 0 saturated heterocycles. The van der Waals surface area contributed by atoms with E-state index >= 15 is 0 Å². The van der Waals surface area contributed by atoms with E-state index in [4.69, 9.17) is 4.74 Å². The molecule has 1 heterocycles. The Bertz CT molecular complexity index is 655. The first-order valence-corrected chi connectivity index (χ1v) is 5.06. The van der Waals surface area contributed by atoms with Crippen LogP contribution in [0.15, 0.2) is 48.5 Å². The van der Waals surface area contributed by atoms with Crippen molar-refractivity contribution in [2.45, 2.75) is 0 Å². The largest absolute Gasteiger partial charge is 0.449 e. The second kappa shape index (κ2) is 2.31. The van der Waals surface area contributed by atoms with Gasteiger partial charge in [0.1, 0.15) is 0 Å². The molecule has 0 aromatic heterocycles. The van der Waals surface area contributed by atoms with Crippen molar-refractivity contribution in [3.8, 4) is 22.6 Å². The maximum atomic E-state index is 5.49. The fourth-order valence-electron chi connectivity index (χ4n) is 2.23. The van der Waals surface area contributed by atoms with Crippen LogP contribution < -0.4 is 4.74 Å². The van der Waals surface area contributed by atoms with Gasteiger partial charge in [0.25, 0.3) is 0 Å². The summed E-state index contributed by atoms with van der Waals surface area (Å²) in [5.41, 5.74) is 2.56. The van der Waals surface area contributed by atoms with Crippen molar-refractivity contribution in [1.29, 1.82) is 0 Å². The highest BCUT2D eigenvalue weighted by atomic mass is 16.6. The Hall–Kier alpha value is -2.02. The molecule has 0 amide bonds. The Kier molecular flexibility index (Phi) is 1.13. The molecule has 1 heteroatoms. The van der Waals surface area contributed by atoms with Gasteiger partial charge in [-0.2, -0.15) is 0 Å². The van der Waals surface area contributed by atoms with Gasteiger partial charge in [-0.05, 0) is 22.6 Å². The molecule has 2 aliphatic carbocycles. The summed E-state index contributed by atoms with van der Waals surface area (Å²) in [4.78, 5) is 0. The minimum Gasteiger partial charge on any atom is -0.449 e. The Morgan fingerprint density at radius 3 is 2.60 bits per heavy atom. The normalized spacial score (nSPS) is 12.5. The van der Waals surface area contributed by atoms with Crippen LogP contribution in [0.3, 0.4) is 0 Å². The highest BCUT2D eigenvalue weighted by Crippen LogP contribution is 2.52. The molecule has 0 radical (unpaired) electrons. The van der Waals surface area contributed by atoms with Crippen molar-refractivity contribution >= 4 is 10.8 Å². The second-order valence-electron chi connectivity index (χ2n) is 3.88. The summed E-state index contributed by atoms with van der Waals surface area (Å²) >= 11 is 0. The van der Waals surface area contributed by atoms with Crippen molar-refractivity contribution in [2.75, 3.05) is 0 Å². The highest BCUT2D eigenvalue weighted by molar-refractivity contribution is 6.04. The van der Waals surface area contributed by atoms with Gasteiger partial charge in [0.15, 0.2) is 11.5 Å². The van der Waals surface area contributed by atoms with Crippen molar-refractivity contribution in [1.82, 2.24) is 0 Å². The monoisotopic (exact) mass is 192 g/mol. The molecule has 4 rings (SSSR count). The zero-order valence-electron chi connectivity index (χ0n) is 8.03. The van der Waals surface area contributed by atoms with E-state index in [1.54, 1.807) is 0 Å². The van der Waals surface area contributed by atoms with Crippen LogP contribution in [-0.4, -0.2) is 0 Å². The van der Waals surface area contributed by atoms with Crippen LogP contribution in [0, 0.1) is 0 Å². The third kappa shape index (κ3) is 0.873. The number of rotatable bonds is 0. The van der Waals surface area contributed by atoms with Gasteiger partial charge in [0.05, 0.1) is 0 Å². The quantitative estimate of drug-likeness (QED) is 0.383. The zero-order valence-corrected chi connectivity index (χ0v) is 8.03. The van der Waals surface area contributed by atoms with Gasteiger partial charge in [-0.15, -0.1) is 0 Å². The fourth-order valence-corrected chi connectivity index (χ4v) is 2.23. The SMILES string of the molecule is c1cc2cc3c(c4ccccc4c-2c1)O3. The average Bonchev–Trinajstić information content (AvgIpc) is 2.90. The number of benzene rings is 1. The molecule has 15 heavy (non-hydrogen) atoms. The van der Waals surface area contributed by atoms with E-state index < -0.39 is 0 Å². The summed E-state index contributed by atoms with van der Waals surface area (Å²) < 4.78 is 5.49. The fraction of sp³-hybridized carbons (Fsp3) is 0. The average molecular weight is 192 g/mol. The van der Waals surface area contributed by atoms with Crippen molar-refractivity contribution < 1.29 is 4.74 Å². The van der Waals surface area contributed by atoms with E-state index in [9.17, 15) is 0 Å². The molecule has 0 saturated carbocycles. The summed E-state index contributed by atoms with van der Waals surface area (Å²) in [7, 11) is 0. The van der Waals surface area contributed by atoms with Gasteiger partial charge < -0.3 is 4.74 Å². The van der Waals surface area contributed by atoms with Gasteiger partial charge in [-0.25, -0.2) is 0 Å². The zero-order chi connectivity index (χ0) is 9.83. The first-order valence-electron chi connectivity index (χ1n) is 5.06. The van der Waals surface area contributed by atoms with Crippen LogP contribution in [0.25, 0.3) is 21.9 Å². The van der Waals surface area contributed by atoms with Gasteiger partial charge in [0, 0.05) is 5.39 Å². The summed E-state index contributed by atoms with van der Waals surface area (Å²) in [6.07, 6.45) is 0. The summed E-state index contributed by atoms with van der Waals surface area (Å²) in [6.45, 7) is 0. The summed E-state index contributed by atoms with van der Waals surface area (Å²) in [5, 5.41) is 2.49. The van der Waals surface area contributed by atoms with Gasteiger partial charge in [0.2, 0.25) is 0 Å².